The third-order valence-corrected chi connectivity index (χ3v) is 5.35. The summed E-state index contributed by atoms with van der Waals surface area (Å²) in [5, 5.41) is 0. The molecule has 1 heterocycles. The number of hydrogen-bond donors (Lipinski definition) is 0. The molecule has 0 radical (unpaired) electrons. The summed E-state index contributed by atoms with van der Waals surface area (Å²) in [6, 6.07) is 13.9. The lowest BCUT2D eigenvalue weighted by atomic mass is 10.1. The number of carbonyl (C=O) groups excluding carboxylic acids is 2. The molecule has 0 atom stereocenters. The van der Waals surface area contributed by atoms with E-state index in [-0.39, 0.29) is 24.3 Å². The van der Waals surface area contributed by atoms with Crippen molar-refractivity contribution in [3.63, 3.8) is 0 Å². The highest BCUT2D eigenvalue weighted by Crippen LogP contribution is 2.31. The minimum Gasteiger partial charge on any atom is -0.464 e. The van der Waals surface area contributed by atoms with Gasteiger partial charge < -0.3 is 19.0 Å². The third-order valence-electron chi connectivity index (χ3n) is 5.35. The second kappa shape index (κ2) is 11.0. The smallest absolute Gasteiger partial charge is 0.242 e. The Kier molecular flexibility index (Phi) is 8.08. The van der Waals surface area contributed by atoms with Gasteiger partial charge >= 0.3 is 0 Å². The number of ether oxygens (including phenoxy) is 1. The summed E-state index contributed by atoms with van der Waals surface area (Å²) in [5.74, 6) is 1.72. The van der Waals surface area contributed by atoms with Gasteiger partial charge in [0, 0.05) is 32.7 Å². The largest absolute Gasteiger partial charge is 0.464 e. The summed E-state index contributed by atoms with van der Waals surface area (Å²) in [4.78, 5) is 29.4. The summed E-state index contributed by atoms with van der Waals surface area (Å²) in [6.45, 7) is 4.10. The summed E-state index contributed by atoms with van der Waals surface area (Å²) < 4.78 is 10.8. The molecular weight excluding hydrogens is 380 g/mol. The number of furan rings is 1. The molecule has 1 aromatic carbocycles. The first kappa shape index (κ1) is 22.1. The van der Waals surface area contributed by atoms with Crippen molar-refractivity contribution in [1.82, 2.24) is 9.80 Å². The molecule has 30 heavy (non-hydrogen) atoms. The average Bonchev–Trinajstić information content (AvgIpc) is 3.52. The van der Waals surface area contributed by atoms with Gasteiger partial charge in [-0.15, -0.1) is 0 Å². The molecule has 1 aliphatic rings. The predicted octanol–water partition coefficient (Wildman–Crippen LogP) is 3.43. The van der Waals surface area contributed by atoms with Gasteiger partial charge in [-0.25, -0.2) is 0 Å². The number of amides is 2. The number of aryl methyl sites for hydroxylation is 1. The molecule has 1 saturated carbocycles. The van der Waals surface area contributed by atoms with Gasteiger partial charge in [0.25, 0.3) is 0 Å². The highest BCUT2D eigenvalue weighted by atomic mass is 16.5. The van der Waals surface area contributed by atoms with Gasteiger partial charge in [-0.3, -0.25) is 9.59 Å². The summed E-state index contributed by atoms with van der Waals surface area (Å²) >= 11 is 0. The first-order valence-corrected chi connectivity index (χ1v) is 10.7. The number of benzene rings is 1. The lowest BCUT2D eigenvalue weighted by Gasteiger charge is -2.27. The molecule has 0 bridgehead atoms. The van der Waals surface area contributed by atoms with Crippen LogP contribution in [0.5, 0.6) is 0 Å². The van der Waals surface area contributed by atoms with Crippen molar-refractivity contribution in [2.24, 2.45) is 5.92 Å². The summed E-state index contributed by atoms with van der Waals surface area (Å²) in [7, 11) is 1.65. The van der Waals surface area contributed by atoms with E-state index >= 15 is 0 Å². The Morgan fingerprint density at radius 3 is 2.47 bits per heavy atom. The minimum atomic E-state index is -0.0496. The van der Waals surface area contributed by atoms with Crippen LogP contribution in [0.25, 0.3) is 0 Å². The fraction of sp³-hybridized carbons (Fsp3) is 0.500. The van der Waals surface area contributed by atoms with E-state index in [0.29, 0.717) is 26.2 Å². The Morgan fingerprint density at radius 1 is 1.07 bits per heavy atom. The molecule has 162 valence electrons. The second-order valence-corrected chi connectivity index (χ2v) is 7.94. The third kappa shape index (κ3) is 6.73. The van der Waals surface area contributed by atoms with Gasteiger partial charge in [-0.05, 0) is 50.3 Å². The van der Waals surface area contributed by atoms with Crippen LogP contribution in [-0.2, 0) is 27.3 Å². The number of hydrogen-bond acceptors (Lipinski definition) is 4. The average molecular weight is 413 g/mol. The molecule has 0 N–H and O–H groups in total. The molecule has 1 fully saturated rings. The van der Waals surface area contributed by atoms with E-state index in [1.165, 1.54) is 5.56 Å². The molecule has 2 amide bonds. The van der Waals surface area contributed by atoms with Gasteiger partial charge in [0.2, 0.25) is 11.8 Å². The molecule has 6 heteroatoms. The zero-order valence-electron chi connectivity index (χ0n) is 18.0. The zero-order chi connectivity index (χ0) is 21.3. The van der Waals surface area contributed by atoms with Crippen LogP contribution in [0.2, 0.25) is 0 Å². The van der Waals surface area contributed by atoms with Crippen molar-refractivity contribution in [2.75, 3.05) is 33.4 Å². The lowest BCUT2D eigenvalue weighted by molar-refractivity contribution is -0.141. The van der Waals surface area contributed by atoms with Crippen molar-refractivity contribution in [1.29, 1.82) is 0 Å². The molecule has 1 aromatic heterocycles. The number of nitrogens with zero attached hydrogens (tertiary/aromatic N) is 2. The molecule has 0 aliphatic heterocycles. The van der Waals surface area contributed by atoms with Crippen molar-refractivity contribution >= 4 is 11.8 Å². The summed E-state index contributed by atoms with van der Waals surface area (Å²) in [6.07, 6.45) is 3.34. The molecule has 6 nitrogen and oxygen atoms in total. The van der Waals surface area contributed by atoms with Crippen LogP contribution >= 0.6 is 0 Å². The van der Waals surface area contributed by atoms with Gasteiger partial charge in [0.15, 0.2) is 0 Å². The Bertz CT molecular complexity index is 814. The van der Waals surface area contributed by atoms with Crippen LogP contribution in [0.3, 0.4) is 0 Å². The standard InChI is InChI=1S/C24H32N2O4/c1-19-9-12-22(30-19)17-25(15-13-20-7-4-3-5-8-20)23(27)18-26(14-6-16-29-2)24(28)21-10-11-21/h3-5,7-9,12,21H,6,10-11,13-18H2,1-2H3. The van der Waals surface area contributed by atoms with Crippen molar-refractivity contribution < 1.29 is 18.7 Å². The highest BCUT2D eigenvalue weighted by molar-refractivity contribution is 5.87. The minimum absolute atomic E-state index is 0.0496. The van der Waals surface area contributed by atoms with Crippen LogP contribution in [0, 0.1) is 12.8 Å². The molecule has 0 saturated heterocycles. The van der Waals surface area contributed by atoms with E-state index < -0.39 is 0 Å². The number of carbonyl (C=O) groups is 2. The Balaban J connectivity index is 1.67. The fourth-order valence-corrected chi connectivity index (χ4v) is 3.48. The van der Waals surface area contributed by atoms with Gasteiger partial charge in [-0.2, -0.15) is 0 Å². The topological polar surface area (TPSA) is 63.0 Å². The van der Waals surface area contributed by atoms with Crippen LogP contribution < -0.4 is 0 Å². The van der Waals surface area contributed by atoms with E-state index in [0.717, 1.165) is 37.2 Å². The maximum atomic E-state index is 13.2. The van der Waals surface area contributed by atoms with Crippen molar-refractivity contribution in [3.05, 3.63) is 59.5 Å². The molecule has 0 spiro atoms. The highest BCUT2D eigenvalue weighted by Gasteiger charge is 2.34. The maximum absolute atomic E-state index is 13.2. The first-order valence-electron chi connectivity index (χ1n) is 10.7. The van der Waals surface area contributed by atoms with E-state index in [9.17, 15) is 9.59 Å². The van der Waals surface area contributed by atoms with E-state index in [1.54, 1.807) is 16.9 Å². The monoisotopic (exact) mass is 412 g/mol. The second-order valence-electron chi connectivity index (χ2n) is 7.94. The number of rotatable bonds is 12. The maximum Gasteiger partial charge on any atom is 0.242 e. The molecule has 2 aromatic rings. The number of methoxy groups -OCH3 is 1. The SMILES string of the molecule is COCCCN(CC(=O)N(CCc1ccccc1)Cc1ccc(C)o1)C(=O)C1CC1. The van der Waals surface area contributed by atoms with Crippen LogP contribution in [0.4, 0.5) is 0 Å². The molecular formula is C24H32N2O4. The Hall–Kier alpha value is -2.60. The Labute approximate surface area is 178 Å². The van der Waals surface area contributed by atoms with Crippen LogP contribution in [0.1, 0.15) is 36.3 Å². The lowest BCUT2D eigenvalue weighted by Crippen LogP contribution is -2.44. The Morgan fingerprint density at radius 2 is 1.83 bits per heavy atom. The first-order chi connectivity index (χ1) is 14.6. The van der Waals surface area contributed by atoms with Crippen LogP contribution in [-0.4, -0.2) is 55.0 Å². The van der Waals surface area contributed by atoms with E-state index in [4.69, 9.17) is 9.15 Å². The van der Waals surface area contributed by atoms with Crippen molar-refractivity contribution in [3.8, 4) is 0 Å². The fourth-order valence-electron chi connectivity index (χ4n) is 3.48. The van der Waals surface area contributed by atoms with E-state index in [2.05, 4.69) is 12.1 Å². The zero-order valence-corrected chi connectivity index (χ0v) is 18.0. The quantitative estimate of drug-likeness (QED) is 0.501. The van der Waals surface area contributed by atoms with Crippen LogP contribution in [0.15, 0.2) is 46.9 Å². The van der Waals surface area contributed by atoms with Gasteiger partial charge in [-0.1, -0.05) is 30.3 Å². The normalized spacial score (nSPS) is 13.3. The molecule has 3 rings (SSSR count). The van der Waals surface area contributed by atoms with Gasteiger partial charge in [0.05, 0.1) is 13.1 Å². The summed E-state index contributed by atoms with van der Waals surface area (Å²) in [5.41, 5.74) is 1.18. The predicted molar refractivity (Wildman–Crippen MR) is 115 cm³/mol. The van der Waals surface area contributed by atoms with Gasteiger partial charge in [0.1, 0.15) is 11.5 Å². The molecule has 1 aliphatic carbocycles. The molecule has 0 unspecified atom stereocenters. The van der Waals surface area contributed by atoms with Crippen molar-refractivity contribution in [2.45, 2.75) is 39.2 Å². The van der Waals surface area contributed by atoms with E-state index in [1.807, 2.05) is 37.3 Å².